The summed E-state index contributed by atoms with van der Waals surface area (Å²) >= 11 is 0. The van der Waals surface area contributed by atoms with Crippen molar-refractivity contribution < 1.29 is 36.6 Å². The van der Waals surface area contributed by atoms with Crippen LogP contribution in [0.3, 0.4) is 0 Å². The molecule has 0 fully saturated rings. The average molecular weight is 523 g/mol. The van der Waals surface area contributed by atoms with Crippen LogP contribution in [0.25, 0.3) is 21.8 Å². The van der Waals surface area contributed by atoms with Crippen molar-refractivity contribution in [1.29, 1.82) is 0 Å². The molecule has 0 aliphatic carbocycles. The van der Waals surface area contributed by atoms with E-state index in [0.717, 1.165) is 11.0 Å². The Morgan fingerprint density at radius 1 is 0.865 bits per heavy atom. The number of carbonyl (C=O) groups is 2. The van der Waals surface area contributed by atoms with Crippen LogP contribution in [0.1, 0.15) is 45.2 Å². The highest BCUT2D eigenvalue weighted by molar-refractivity contribution is 7.85. The lowest BCUT2D eigenvalue weighted by Gasteiger charge is -2.15. The fourth-order valence-electron chi connectivity index (χ4n) is 4.47. The molecule has 0 saturated carbocycles. The van der Waals surface area contributed by atoms with Crippen LogP contribution in [-0.4, -0.2) is 37.3 Å². The maximum atomic E-state index is 13.6. The fraction of sp³-hybridized carbons (Fsp3) is 0.250. The zero-order valence-electron chi connectivity index (χ0n) is 20.9. The van der Waals surface area contributed by atoms with E-state index in [1.807, 2.05) is 53.1 Å². The number of carbonyl (C=O) groups excluding carboxylic acids is 2. The summed E-state index contributed by atoms with van der Waals surface area (Å²) in [5.41, 5.74) is 3.58. The molecule has 37 heavy (non-hydrogen) atoms. The molecule has 0 atom stereocenters. The van der Waals surface area contributed by atoms with Gasteiger partial charge in [0.05, 0.1) is 34.3 Å². The van der Waals surface area contributed by atoms with Gasteiger partial charge in [0.15, 0.2) is 6.54 Å². The van der Waals surface area contributed by atoms with E-state index >= 15 is 0 Å². The Labute approximate surface area is 215 Å². The molecular weight excluding hydrogens is 494 g/mol. The number of benzene rings is 3. The Kier molecular flexibility index (Phi) is 7.56. The van der Waals surface area contributed by atoms with Crippen molar-refractivity contribution in [3.63, 3.8) is 0 Å². The third-order valence-electron chi connectivity index (χ3n) is 6.35. The summed E-state index contributed by atoms with van der Waals surface area (Å²) in [6.45, 7) is 5.89. The second kappa shape index (κ2) is 10.7. The van der Waals surface area contributed by atoms with E-state index in [-0.39, 0.29) is 18.8 Å². The number of aromatic nitrogens is 1. The first-order valence-electron chi connectivity index (χ1n) is 11.9. The number of hydrogen-bond acceptors (Lipinski definition) is 6. The maximum absolute atomic E-state index is 13.6. The van der Waals surface area contributed by atoms with E-state index in [1.54, 1.807) is 32.9 Å². The quantitative estimate of drug-likeness (QED) is 0.119. The van der Waals surface area contributed by atoms with Gasteiger partial charge in [0.1, 0.15) is 5.75 Å². The van der Waals surface area contributed by atoms with Crippen molar-refractivity contribution in [3.8, 4) is 5.75 Å². The third kappa shape index (κ3) is 5.47. The molecule has 9 heteroatoms. The molecule has 0 saturated heterocycles. The topological polar surface area (TPSA) is 111 Å². The van der Waals surface area contributed by atoms with Gasteiger partial charge >= 0.3 is 11.9 Å². The zero-order valence-corrected chi connectivity index (χ0v) is 21.7. The van der Waals surface area contributed by atoms with Gasteiger partial charge in [0.25, 0.3) is 10.1 Å². The van der Waals surface area contributed by atoms with Crippen molar-refractivity contribution in [2.75, 3.05) is 12.4 Å². The van der Waals surface area contributed by atoms with Gasteiger partial charge in [0.2, 0.25) is 11.0 Å². The second-order valence-electron chi connectivity index (χ2n) is 8.67. The van der Waals surface area contributed by atoms with Gasteiger partial charge in [-0.15, -0.1) is 0 Å². The lowest BCUT2D eigenvalue weighted by Crippen LogP contribution is -2.37. The molecule has 0 bridgehead atoms. The highest BCUT2D eigenvalue weighted by Crippen LogP contribution is 2.29. The molecule has 0 unspecified atom stereocenters. The van der Waals surface area contributed by atoms with Gasteiger partial charge in [-0.05, 0) is 56.2 Å². The van der Waals surface area contributed by atoms with Gasteiger partial charge in [-0.25, -0.2) is 9.59 Å². The Morgan fingerprint density at radius 2 is 1.46 bits per heavy atom. The number of fused-ring (bicyclic) bond motifs is 2. The normalized spacial score (nSPS) is 11.6. The molecule has 192 valence electrons. The van der Waals surface area contributed by atoms with Crippen LogP contribution in [0.2, 0.25) is 0 Å². The van der Waals surface area contributed by atoms with Crippen LogP contribution in [-0.2, 0) is 21.4 Å². The fourth-order valence-corrected chi connectivity index (χ4v) is 4.96. The summed E-state index contributed by atoms with van der Waals surface area (Å²) in [5.74, 6) is -1.01. The van der Waals surface area contributed by atoms with E-state index in [4.69, 9.17) is 9.47 Å². The molecule has 4 rings (SSSR count). The molecule has 1 aromatic heterocycles. The van der Waals surface area contributed by atoms with Crippen LogP contribution >= 0.6 is 0 Å². The summed E-state index contributed by atoms with van der Waals surface area (Å²) in [6.07, 6.45) is 0.201. The summed E-state index contributed by atoms with van der Waals surface area (Å²) in [4.78, 5) is 25.9. The van der Waals surface area contributed by atoms with E-state index in [1.165, 1.54) is 0 Å². The molecule has 8 nitrogen and oxygen atoms in total. The van der Waals surface area contributed by atoms with E-state index < -0.39 is 22.1 Å². The minimum absolute atomic E-state index is 0.201. The average Bonchev–Trinajstić information content (AvgIpc) is 2.86. The first-order valence-corrected chi connectivity index (χ1v) is 13.5. The molecule has 3 aromatic carbocycles. The first-order chi connectivity index (χ1) is 17.6. The molecule has 1 heterocycles. The monoisotopic (exact) mass is 522 g/mol. The molecule has 0 aliphatic heterocycles. The molecule has 4 aromatic rings. The number of aryl methyl sites for hydroxylation is 1. The Morgan fingerprint density at radius 3 is 2.03 bits per heavy atom. The summed E-state index contributed by atoms with van der Waals surface area (Å²) < 4.78 is 44.6. The SMILES string of the molecule is CCOC(=O)c1ccc(OC(=O)c2c3ccccc3[n+](CCCS(=O)(=O)O)c3ccccc23)c(C)c1C. The van der Waals surface area contributed by atoms with Crippen molar-refractivity contribution in [2.45, 2.75) is 33.7 Å². The van der Waals surface area contributed by atoms with Crippen LogP contribution in [0.4, 0.5) is 0 Å². The lowest BCUT2D eigenvalue weighted by molar-refractivity contribution is -0.645. The van der Waals surface area contributed by atoms with E-state index in [9.17, 15) is 22.6 Å². The van der Waals surface area contributed by atoms with Crippen molar-refractivity contribution in [1.82, 2.24) is 0 Å². The smallest absolute Gasteiger partial charge is 0.345 e. The van der Waals surface area contributed by atoms with Gasteiger partial charge < -0.3 is 9.47 Å². The molecular formula is C28H28NO7S+. The number of hydrogen-bond donors (Lipinski definition) is 1. The van der Waals surface area contributed by atoms with Crippen molar-refractivity contribution >= 4 is 43.9 Å². The minimum atomic E-state index is -4.09. The van der Waals surface area contributed by atoms with Gasteiger partial charge in [-0.1, -0.05) is 24.3 Å². The van der Waals surface area contributed by atoms with E-state index in [0.29, 0.717) is 45.3 Å². The van der Waals surface area contributed by atoms with Crippen LogP contribution in [0.15, 0.2) is 60.7 Å². The maximum Gasteiger partial charge on any atom is 0.345 e. The number of esters is 2. The standard InChI is InChI=1S/C28H27NO7S/c1-4-35-27(30)20-14-15-25(19(3)18(20)2)36-28(31)26-21-10-5-7-12-23(21)29(16-9-17-37(32,33)34)24-13-8-6-11-22(24)26/h5-8,10-15H,4,9,16-17H2,1-3H3/p+1. The van der Waals surface area contributed by atoms with Crippen LogP contribution in [0, 0.1) is 13.8 Å². The predicted molar refractivity (Wildman–Crippen MR) is 140 cm³/mol. The first kappa shape index (κ1) is 26.2. The highest BCUT2D eigenvalue weighted by Gasteiger charge is 2.26. The molecule has 0 radical (unpaired) electrons. The molecule has 0 spiro atoms. The molecule has 1 N–H and O–H groups in total. The Hall–Kier alpha value is -3.82. The molecule has 0 amide bonds. The predicted octanol–water partition coefficient (Wildman–Crippen LogP) is 4.57. The summed E-state index contributed by atoms with van der Waals surface area (Å²) in [5, 5.41) is 1.30. The van der Waals surface area contributed by atoms with Gasteiger partial charge in [-0.3, -0.25) is 4.55 Å². The summed E-state index contributed by atoms with van der Waals surface area (Å²) in [6, 6.07) is 17.9. The van der Waals surface area contributed by atoms with Crippen LogP contribution in [0.5, 0.6) is 5.75 Å². The van der Waals surface area contributed by atoms with Gasteiger partial charge in [0, 0.05) is 18.6 Å². The number of nitrogens with zero attached hydrogens (tertiary/aromatic N) is 1. The zero-order chi connectivity index (χ0) is 26.7. The number of pyridine rings is 1. The van der Waals surface area contributed by atoms with E-state index in [2.05, 4.69) is 0 Å². The minimum Gasteiger partial charge on any atom is -0.462 e. The van der Waals surface area contributed by atoms with Crippen LogP contribution < -0.4 is 9.30 Å². The van der Waals surface area contributed by atoms with Crippen molar-refractivity contribution in [2.24, 2.45) is 0 Å². The second-order valence-corrected chi connectivity index (χ2v) is 10.2. The number of rotatable bonds is 8. The Bertz CT molecular complexity index is 1570. The Balaban J connectivity index is 1.79. The number of para-hydroxylation sites is 2. The third-order valence-corrected chi connectivity index (χ3v) is 7.16. The summed E-state index contributed by atoms with van der Waals surface area (Å²) in [7, 11) is -4.09. The highest BCUT2D eigenvalue weighted by atomic mass is 32.2. The number of ether oxygens (including phenoxy) is 2. The van der Waals surface area contributed by atoms with Crippen molar-refractivity contribution in [3.05, 3.63) is 82.9 Å². The molecule has 0 aliphatic rings. The van der Waals surface area contributed by atoms with Gasteiger partial charge in [-0.2, -0.15) is 13.0 Å². The lowest BCUT2D eigenvalue weighted by atomic mass is 10.0. The largest absolute Gasteiger partial charge is 0.462 e.